The van der Waals surface area contributed by atoms with Crippen LogP contribution in [-0.2, 0) is 22.5 Å². The monoisotopic (exact) mass is 378 g/mol. The molecule has 28 heavy (non-hydrogen) atoms. The lowest BCUT2D eigenvalue weighted by Crippen LogP contribution is -2.40. The maximum Gasteiger partial charge on any atom is 0.253 e. The summed E-state index contributed by atoms with van der Waals surface area (Å²) in [4.78, 5) is 18.9. The number of hydrogen-bond acceptors (Lipinski definition) is 3. The number of fused-ring (bicyclic) bond motifs is 1. The maximum atomic E-state index is 12.3. The molecule has 6 nitrogen and oxygen atoms in total. The Morgan fingerprint density at radius 1 is 1.25 bits per heavy atom. The van der Waals surface area contributed by atoms with E-state index < -0.39 is 0 Å². The molecule has 2 aliphatic heterocycles. The van der Waals surface area contributed by atoms with Crippen LogP contribution in [0.4, 0.5) is 11.4 Å². The van der Waals surface area contributed by atoms with Crippen LogP contribution in [0.2, 0.25) is 0 Å². The highest BCUT2D eigenvalue weighted by atomic mass is 16.5. The Morgan fingerprint density at radius 2 is 2.14 bits per heavy atom. The number of ether oxygens (including phenoxy) is 1. The molecule has 1 fully saturated rings. The molecule has 4 rings (SSSR count). The van der Waals surface area contributed by atoms with Gasteiger partial charge in [0.05, 0.1) is 0 Å². The number of carbonyl (C=O) groups excluding carboxylic acids is 1. The molecular formula is C22H26N4O2. The van der Waals surface area contributed by atoms with Crippen molar-refractivity contribution < 1.29 is 9.53 Å². The van der Waals surface area contributed by atoms with Crippen molar-refractivity contribution in [1.29, 1.82) is 0 Å². The summed E-state index contributed by atoms with van der Waals surface area (Å²) >= 11 is 0. The van der Waals surface area contributed by atoms with Gasteiger partial charge in [0.25, 0.3) is 5.91 Å². The van der Waals surface area contributed by atoms with Gasteiger partial charge in [-0.1, -0.05) is 30.3 Å². The van der Waals surface area contributed by atoms with E-state index in [1.54, 1.807) is 0 Å². The summed E-state index contributed by atoms with van der Waals surface area (Å²) in [6.45, 7) is 2.23. The van der Waals surface area contributed by atoms with E-state index in [9.17, 15) is 4.79 Å². The zero-order valence-electron chi connectivity index (χ0n) is 16.1. The van der Waals surface area contributed by atoms with E-state index in [2.05, 4.69) is 44.8 Å². The first-order valence-electron chi connectivity index (χ1n) is 9.82. The third-order valence-corrected chi connectivity index (χ3v) is 5.22. The first-order chi connectivity index (χ1) is 13.7. The van der Waals surface area contributed by atoms with Crippen LogP contribution < -0.4 is 15.5 Å². The first-order valence-corrected chi connectivity index (χ1v) is 9.82. The van der Waals surface area contributed by atoms with E-state index in [0.717, 1.165) is 43.0 Å². The molecule has 0 aromatic heterocycles. The van der Waals surface area contributed by atoms with Crippen molar-refractivity contribution in [1.82, 2.24) is 5.32 Å². The summed E-state index contributed by atoms with van der Waals surface area (Å²) in [6, 6.07) is 16.3. The normalized spacial score (nSPS) is 18.8. The number of nitrogens with one attached hydrogen (secondary N) is 2. The van der Waals surface area contributed by atoms with Gasteiger partial charge in [-0.05, 0) is 48.6 Å². The molecule has 0 radical (unpaired) electrons. The second kappa shape index (κ2) is 8.44. The summed E-state index contributed by atoms with van der Waals surface area (Å²) in [5.41, 5.74) is 4.44. The molecule has 2 aliphatic rings. The zero-order valence-corrected chi connectivity index (χ0v) is 16.1. The minimum Gasteiger partial charge on any atom is -0.368 e. The molecule has 0 bridgehead atoms. The van der Waals surface area contributed by atoms with Crippen LogP contribution in [0, 0.1) is 0 Å². The number of anilines is 2. The van der Waals surface area contributed by atoms with Crippen LogP contribution in [0.25, 0.3) is 0 Å². The second-order valence-corrected chi connectivity index (χ2v) is 7.12. The van der Waals surface area contributed by atoms with Crippen LogP contribution in [0.3, 0.4) is 0 Å². The fourth-order valence-electron chi connectivity index (χ4n) is 3.80. The lowest BCUT2D eigenvalue weighted by atomic mass is 10.2. The summed E-state index contributed by atoms with van der Waals surface area (Å²) < 4.78 is 5.45. The Hall–Kier alpha value is -2.86. The van der Waals surface area contributed by atoms with E-state index in [0.29, 0.717) is 13.2 Å². The summed E-state index contributed by atoms with van der Waals surface area (Å²) in [7, 11) is 1.81. The van der Waals surface area contributed by atoms with Crippen molar-refractivity contribution in [2.75, 3.05) is 30.4 Å². The summed E-state index contributed by atoms with van der Waals surface area (Å²) in [5, 5.41) is 6.40. The van der Waals surface area contributed by atoms with Crippen molar-refractivity contribution >= 4 is 23.2 Å². The minimum atomic E-state index is -0.323. The highest BCUT2D eigenvalue weighted by Gasteiger charge is 2.24. The largest absolute Gasteiger partial charge is 0.368 e. The van der Waals surface area contributed by atoms with E-state index in [-0.39, 0.29) is 12.0 Å². The van der Waals surface area contributed by atoms with Gasteiger partial charge in [-0.15, -0.1) is 0 Å². The second-order valence-electron chi connectivity index (χ2n) is 7.12. The fourth-order valence-corrected chi connectivity index (χ4v) is 3.80. The lowest BCUT2D eigenvalue weighted by molar-refractivity contribution is -0.124. The van der Waals surface area contributed by atoms with Gasteiger partial charge in [0.2, 0.25) is 0 Å². The lowest BCUT2D eigenvalue weighted by Gasteiger charge is -2.22. The molecule has 1 atom stereocenters. The molecular weight excluding hydrogens is 352 g/mol. The van der Waals surface area contributed by atoms with Crippen molar-refractivity contribution in [3.8, 4) is 0 Å². The summed E-state index contributed by atoms with van der Waals surface area (Å²) in [6.07, 6.45) is 2.44. The minimum absolute atomic E-state index is 0.0629. The number of carbonyl (C=O) groups is 1. The smallest absolute Gasteiger partial charge is 0.253 e. The van der Waals surface area contributed by atoms with E-state index in [1.165, 1.54) is 11.3 Å². The fraction of sp³-hybridized carbons (Fsp3) is 0.364. The number of para-hydroxylation sites is 1. The number of hydrogen-bond donors (Lipinski definition) is 2. The number of nitrogens with zero attached hydrogens (tertiary/aromatic N) is 2. The Bertz CT molecular complexity index is 874. The van der Waals surface area contributed by atoms with Crippen molar-refractivity contribution in [2.45, 2.75) is 31.9 Å². The number of aliphatic imine (C=N–C) groups is 1. The van der Waals surface area contributed by atoms with Crippen LogP contribution >= 0.6 is 0 Å². The molecule has 6 heteroatoms. The predicted octanol–water partition coefficient (Wildman–Crippen LogP) is 2.94. The highest BCUT2D eigenvalue weighted by molar-refractivity contribution is 5.98. The number of rotatable bonds is 4. The van der Waals surface area contributed by atoms with Gasteiger partial charge in [0.1, 0.15) is 6.10 Å². The SMILES string of the molecule is CN=C(NCc1cccc(NC(=O)C2CCCO2)c1)N1CCc2ccccc21. The highest BCUT2D eigenvalue weighted by Crippen LogP contribution is 2.27. The molecule has 2 N–H and O–H groups in total. The first kappa shape index (κ1) is 18.5. The number of benzene rings is 2. The molecule has 2 aromatic carbocycles. The molecule has 2 aromatic rings. The van der Waals surface area contributed by atoms with Gasteiger partial charge in [0, 0.05) is 38.1 Å². The van der Waals surface area contributed by atoms with Crippen LogP contribution in [0.5, 0.6) is 0 Å². The number of amides is 1. The van der Waals surface area contributed by atoms with Crippen molar-refractivity contribution in [3.05, 3.63) is 59.7 Å². The standard InChI is InChI=1S/C22H26N4O2/c1-23-22(26-12-11-17-7-2-3-9-19(17)26)24-15-16-6-4-8-18(14-16)25-21(27)20-10-5-13-28-20/h2-4,6-9,14,20H,5,10-13,15H2,1H3,(H,23,24)(H,25,27). The molecule has 1 saturated heterocycles. The third-order valence-electron chi connectivity index (χ3n) is 5.22. The van der Waals surface area contributed by atoms with Crippen molar-refractivity contribution in [2.24, 2.45) is 4.99 Å². The molecule has 1 amide bonds. The Morgan fingerprint density at radius 3 is 2.96 bits per heavy atom. The Balaban J connectivity index is 1.38. The zero-order chi connectivity index (χ0) is 19.3. The maximum absolute atomic E-state index is 12.3. The predicted molar refractivity (Wildman–Crippen MR) is 112 cm³/mol. The van der Waals surface area contributed by atoms with Gasteiger partial charge in [-0.3, -0.25) is 9.79 Å². The summed E-state index contributed by atoms with van der Waals surface area (Å²) in [5.74, 6) is 0.797. The van der Waals surface area contributed by atoms with Crippen LogP contribution in [0.1, 0.15) is 24.0 Å². The molecule has 0 spiro atoms. The van der Waals surface area contributed by atoms with E-state index in [1.807, 2.05) is 31.3 Å². The van der Waals surface area contributed by atoms with Crippen LogP contribution in [-0.4, -0.2) is 38.2 Å². The molecule has 2 heterocycles. The topological polar surface area (TPSA) is 66.0 Å². The quantitative estimate of drug-likeness (QED) is 0.634. The van der Waals surface area contributed by atoms with E-state index in [4.69, 9.17) is 4.74 Å². The molecule has 0 aliphatic carbocycles. The average molecular weight is 378 g/mol. The van der Waals surface area contributed by atoms with Gasteiger partial charge in [0.15, 0.2) is 5.96 Å². The third kappa shape index (κ3) is 4.02. The molecule has 1 unspecified atom stereocenters. The Labute approximate surface area is 165 Å². The van der Waals surface area contributed by atoms with E-state index >= 15 is 0 Å². The van der Waals surface area contributed by atoms with Gasteiger partial charge in [-0.25, -0.2) is 0 Å². The Kier molecular flexibility index (Phi) is 5.58. The van der Waals surface area contributed by atoms with Gasteiger partial charge >= 0.3 is 0 Å². The van der Waals surface area contributed by atoms with Gasteiger partial charge in [-0.2, -0.15) is 0 Å². The number of guanidine groups is 1. The molecule has 0 saturated carbocycles. The van der Waals surface area contributed by atoms with Crippen molar-refractivity contribution in [3.63, 3.8) is 0 Å². The average Bonchev–Trinajstić information content (AvgIpc) is 3.39. The molecule has 146 valence electrons. The van der Waals surface area contributed by atoms with Crippen LogP contribution in [0.15, 0.2) is 53.5 Å². The van der Waals surface area contributed by atoms with Gasteiger partial charge < -0.3 is 20.3 Å².